The minimum absolute atomic E-state index is 0.244. The van der Waals surface area contributed by atoms with Crippen molar-refractivity contribution in [1.82, 2.24) is 0 Å². The van der Waals surface area contributed by atoms with Crippen LogP contribution < -0.4 is 10.5 Å². The van der Waals surface area contributed by atoms with Crippen molar-refractivity contribution >= 4 is 0 Å². The molecular formula is C16H27NO3. The second-order valence-corrected chi connectivity index (χ2v) is 5.05. The summed E-state index contributed by atoms with van der Waals surface area (Å²) in [6.45, 7) is 5.16. The van der Waals surface area contributed by atoms with Crippen LogP contribution in [0.4, 0.5) is 0 Å². The standard InChI is InChI=1S/C16H27NO3/c1-4-16(5-2,19-3)12-20-14-8-6-7-13(11-14)15(18)9-10-17/h6-8,11,15,18H,4-5,9-10,12,17H2,1-3H3. The van der Waals surface area contributed by atoms with Crippen LogP contribution in [0.5, 0.6) is 5.75 Å². The number of hydrogen-bond donors (Lipinski definition) is 2. The molecule has 0 aromatic heterocycles. The van der Waals surface area contributed by atoms with Crippen LogP contribution in [0.1, 0.15) is 44.8 Å². The summed E-state index contributed by atoms with van der Waals surface area (Å²) in [7, 11) is 1.72. The van der Waals surface area contributed by atoms with Gasteiger partial charge in [0.05, 0.1) is 6.10 Å². The first-order valence-electron chi connectivity index (χ1n) is 7.26. The lowest BCUT2D eigenvalue weighted by Gasteiger charge is -2.30. The molecule has 1 aromatic carbocycles. The molecule has 0 aliphatic carbocycles. The molecule has 1 aromatic rings. The summed E-state index contributed by atoms with van der Waals surface area (Å²) in [5.41, 5.74) is 6.06. The van der Waals surface area contributed by atoms with Crippen molar-refractivity contribution in [3.05, 3.63) is 29.8 Å². The van der Waals surface area contributed by atoms with Crippen molar-refractivity contribution in [3.63, 3.8) is 0 Å². The molecule has 0 aliphatic rings. The monoisotopic (exact) mass is 281 g/mol. The van der Waals surface area contributed by atoms with Crippen LogP contribution in [-0.4, -0.2) is 31.0 Å². The van der Waals surface area contributed by atoms with Gasteiger partial charge in [0.2, 0.25) is 0 Å². The topological polar surface area (TPSA) is 64.7 Å². The average molecular weight is 281 g/mol. The zero-order valence-corrected chi connectivity index (χ0v) is 12.8. The molecule has 0 saturated carbocycles. The zero-order valence-electron chi connectivity index (χ0n) is 12.8. The highest BCUT2D eigenvalue weighted by Crippen LogP contribution is 2.24. The van der Waals surface area contributed by atoms with Gasteiger partial charge in [-0.3, -0.25) is 0 Å². The van der Waals surface area contributed by atoms with Crippen molar-refractivity contribution in [1.29, 1.82) is 0 Å². The van der Waals surface area contributed by atoms with Crippen LogP contribution in [0.2, 0.25) is 0 Å². The van der Waals surface area contributed by atoms with Gasteiger partial charge in [0.1, 0.15) is 18.0 Å². The summed E-state index contributed by atoms with van der Waals surface area (Å²) < 4.78 is 11.4. The Morgan fingerprint density at radius 3 is 2.55 bits per heavy atom. The number of rotatable bonds is 9. The third-order valence-corrected chi connectivity index (χ3v) is 3.91. The molecule has 3 N–H and O–H groups in total. The van der Waals surface area contributed by atoms with E-state index in [4.69, 9.17) is 15.2 Å². The van der Waals surface area contributed by atoms with Crippen LogP contribution >= 0.6 is 0 Å². The van der Waals surface area contributed by atoms with Gasteiger partial charge in [-0.05, 0) is 43.5 Å². The zero-order chi connectivity index (χ0) is 15.0. The van der Waals surface area contributed by atoms with Crippen molar-refractivity contribution in [3.8, 4) is 5.75 Å². The second kappa shape index (κ2) is 8.25. The maximum atomic E-state index is 9.95. The summed E-state index contributed by atoms with van der Waals surface area (Å²) in [6.07, 6.45) is 1.81. The van der Waals surface area contributed by atoms with E-state index in [-0.39, 0.29) is 5.60 Å². The average Bonchev–Trinajstić information content (AvgIpc) is 2.50. The summed E-state index contributed by atoms with van der Waals surface area (Å²) in [5.74, 6) is 0.752. The van der Waals surface area contributed by atoms with Gasteiger partial charge in [-0.25, -0.2) is 0 Å². The fourth-order valence-corrected chi connectivity index (χ4v) is 2.15. The Morgan fingerprint density at radius 2 is 2.00 bits per heavy atom. The number of aliphatic hydroxyl groups excluding tert-OH is 1. The maximum Gasteiger partial charge on any atom is 0.119 e. The molecule has 0 heterocycles. The van der Waals surface area contributed by atoms with Crippen LogP contribution in [0, 0.1) is 0 Å². The van der Waals surface area contributed by atoms with E-state index in [1.54, 1.807) is 7.11 Å². The molecule has 0 aliphatic heterocycles. The van der Waals surface area contributed by atoms with Gasteiger partial charge in [-0.15, -0.1) is 0 Å². The molecule has 0 spiro atoms. The Kier molecular flexibility index (Phi) is 6.99. The van der Waals surface area contributed by atoms with E-state index in [1.807, 2.05) is 24.3 Å². The first kappa shape index (κ1) is 17.0. The maximum absolute atomic E-state index is 9.95. The number of methoxy groups -OCH3 is 1. The van der Waals surface area contributed by atoms with Crippen molar-refractivity contribution in [2.75, 3.05) is 20.3 Å². The minimum Gasteiger partial charge on any atom is -0.491 e. The highest BCUT2D eigenvalue weighted by Gasteiger charge is 2.26. The summed E-state index contributed by atoms with van der Waals surface area (Å²) in [4.78, 5) is 0. The van der Waals surface area contributed by atoms with Crippen LogP contribution in [0.25, 0.3) is 0 Å². The first-order chi connectivity index (χ1) is 9.60. The Bertz CT molecular complexity index is 383. The Labute approximate surface area is 121 Å². The van der Waals surface area contributed by atoms with Crippen molar-refractivity contribution in [2.24, 2.45) is 5.73 Å². The third-order valence-electron chi connectivity index (χ3n) is 3.91. The molecular weight excluding hydrogens is 254 g/mol. The quantitative estimate of drug-likeness (QED) is 0.730. The molecule has 20 heavy (non-hydrogen) atoms. The summed E-state index contributed by atoms with van der Waals surface area (Å²) >= 11 is 0. The number of ether oxygens (including phenoxy) is 2. The lowest BCUT2D eigenvalue weighted by molar-refractivity contribution is -0.0496. The molecule has 0 fully saturated rings. The first-order valence-corrected chi connectivity index (χ1v) is 7.26. The Morgan fingerprint density at radius 1 is 1.30 bits per heavy atom. The number of aliphatic hydroxyl groups is 1. The molecule has 0 saturated heterocycles. The van der Waals surface area contributed by atoms with Gasteiger partial charge < -0.3 is 20.3 Å². The Balaban J connectivity index is 2.71. The smallest absolute Gasteiger partial charge is 0.119 e. The summed E-state index contributed by atoms with van der Waals surface area (Å²) in [6, 6.07) is 7.53. The molecule has 4 heteroatoms. The van der Waals surface area contributed by atoms with Gasteiger partial charge in [0, 0.05) is 7.11 Å². The van der Waals surface area contributed by atoms with Gasteiger partial charge in [-0.2, -0.15) is 0 Å². The fraction of sp³-hybridized carbons (Fsp3) is 0.625. The molecule has 0 amide bonds. The summed E-state index contributed by atoms with van der Waals surface area (Å²) in [5, 5.41) is 9.95. The van der Waals surface area contributed by atoms with Crippen LogP contribution in [-0.2, 0) is 4.74 Å². The number of nitrogens with two attached hydrogens (primary N) is 1. The van der Waals surface area contributed by atoms with E-state index >= 15 is 0 Å². The normalized spacial score (nSPS) is 13.2. The second-order valence-electron chi connectivity index (χ2n) is 5.05. The van der Waals surface area contributed by atoms with E-state index in [9.17, 15) is 5.11 Å². The number of benzene rings is 1. The molecule has 0 radical (unpaired) electrons. The molecule has 1 atom stereocenters. The van der Waals surface area contributed by atoms with E-state index in [0.717, 1.165) is 24.2 Å². The molecule has 1 unspecified atom stereocenters. The van der Waals surface area contributed by atoms with Gasteiger partial charge in [-0.1, -0.05) is 26.0 Å². The number of hydrogen-bond acceptors (Lipinski definition) is 4. The van der Waals surface area contributed by atoms with E-state index < -0.39 is 6.10 Å². The van der Waals surface area contributed by atoms with Crippen molar-refractivity contribution in [2.45, 2.75) is 44.8 Å². The molecule has 4 nitrogen and oxygen atoms in total. The SMILES string of the molecule is CCC(CC)(COc1cccc(C(O)CCN)c1)OC. The predicted molar refractivity (Wildman–Crippen MR) is 80.9 cm³/mol. The highest BCUT2D eigenvalue weighted by molar-refractivity contribution is 5.30. The Hall–Kier alpha value is -1.10. The lowest BCUT2D eigenvalue weighted by Crippen LogP contribution is -2.36. The highest BCUT2D eigenvalue weighted by atomic mass is 16.5. The van der Waals surface area contributed by atoms with E-state index in [2.05, 4.69) is 13.8 Å². The predicted octanol–water partition coefficient (Wildman–Crippen LogP) is 2.65. The fourth-order valence-electron chi connectivity index (χ4n) is 2.15. The van der Waals surface area contributed by atoms with Crippen LogP contribution in [0.3, 0.4) is 0 Å². The van der Waals surface area contributed by atoms with Crippen molar-refractivity contribution < 1.29 is 14.6 Å². The molecule has 114 valence electrons. The molecule has 0 bridgehead atoms. The largest absolute Gasteiger partial charge is 0.491 e. The van der Waals surface area contributed by atoms with Crippen LogP contribution in [0.15, 0.2) is 24.3 Å². The lowest BCUT2D eigenvalue weighted by atomic mass is 9.98. The molecule has 1 rings (SSSR count). The third kappa shape index (κ3) is 4.47. The minimum atomic E-state index is -0.534. The van der Waals surface area contributed by atoms with Gasteiger partial charge >= 0.3 is 0 Å². The van der Waals surface area contributed by atoms with E-state index in [0.29, 0.717) is 19.6 Å². The van der Waals surface area contributed by atoms with Gasteiger partial charge in [0.15, 0.2) is 0 Å². The van der Waals surface area contributed by atoms with Gasteiger partial charge in [0.25, 0.3) is 0 Å². The van der Waals surface area contributed by atoms with E-state index in [1.165, 1.54) is 0 Å².